The fourth-order valence-electron chi connectivity index (χ4n) is 1.76. The molecule has 2 aromatic rings. The number of carboxylic acid groups (broad SMARTS) is 1. The summed E-state index contributed by atoms with van der Waals surface area (Å²) in [4.78, 5) is 11.1. The molecular weight excluding hydrogens is 228 g/mol. The molecule has 0 aliphatic heterocycles. The highest BCUT2D eigenvalue weighted by Crippen LogP contribution is 2.23. The van der Waals surface area contributed by atoms with Crippen LogP contribution in [-0.2, 0) is 0 Å². The number of rotatable bonds is 3. The smallest absolute Gasteiger partial charge is 0.336 e. The molecule has 0 fully saturated rings. The van der Waals surface area contributed by atoms with Gasteiger partial charge < -0.3 is 10.9 Å². The summed E-state index contributed by atoms with van der Waals surface area (Å²) in [5.41, 5.74) is 2.70. The van der Waals surface area contributed by atoms with Crippen LogP contribution in [0.15, 0.2) is 53.6 Å². The summed E-state index contributed by atoms with van der Waals surface area (Å²) in [7, 11) is 0. The van der Waals surface area contributed by atoms with Crippen molar-refractivity contribution in [1.82, 2.24) is 0 Å². The van der Waals surface area contributed by atoms with E-state index >= 15 is 0 Å². The SMILES string of the molecule is NN=Cc1ccc(-c2ccccc2C(=O)O)cc1. The maximum absolute atomic E-state index is 11.1. The van der Waals surface area contributed by atoms with Crippen molar-refractivity contribution in [2.45, 2.75) is 0 Å². The van der Waals surface area contributed by atoms with Crippen molar-refractivity contribution >= 4 is 12.2 Å². The molecule has 0 heterocycles. The lowest BCUT2D eigenvalue weighted by Gasteiger charge is -2.06. The summed E-state index contributed by atoms with van der Waals surface area (Å²) >= 11 is 0. The van der Waals surface area contributed by atoms with Gasteiger partial charge in [-0.15, -0.1) is 0 Å². The Labute approximate surface area is 104 Å². The van der Waals surface area contributed by atoms with E-state index in [0.717, 1.165) is 11.1 Å². The second-order valence-electron chi connectivity index (χ2n) is 3.75. The number of benzene rings is 2. The fraction of sp³-hybridized carbons (Fsp3) is 0. The largest absolute Gasteiger partial charge is 0.478 e. The normalized spacial score (nSPS) is 10.7. The van der Waals surface area contributed by atoms with E-state index in [-0.39, 0.29) is 5.56 Å². The standard InChI is InChI=1S/C14H12N2O2/c15-16-9-10-5-7-11(8-6-10)12-3-1-2-4-13(12)14(17)18/h1-9H,15H2,(H,17,18). The Balaban J connectivity index is 2.45. The highest BCUT2D eigenvalue weighted by Gasteiger charge is 2.10. The molecule has 90 valence electrons. The molecule has 2 rings (SSSR count). The molecule has 0 amide bonds. The highest BCUT2D eigenvalue weighted by atomic mass is 16.4. The predicted octanol–water partition coefficient (Wildman–Crippen LogP) is 2.34. The van der Waals surface area contributed by atoms with Gasteiger partial charge in [-0.05, 0) is 22.8 Å². The van der Waals surface area contributed by atoms with Crippen molar-refractivity contribution in [3.05, 3.63) is 59.7 Å². The van der Waals surface area contributed by atoms with Gasteiger partial charge in [0.2, 0.25) is 0 Å². The first-order chi connectivity index (χ1) is 8.72. The molecule has 0 radical (unpaired) electrons. The van der Waals surface area contributed by atoms with Crippen molar-refractivity contribution < 1.29 is 9.90 Å². The van der Waals surface area contributed by atoms with Crippen molar-refractivity contribution in [2.24, 2.45) is 10.9 Å². The third-order valence-electron chi connectivity index (χ3n) is 2.60. The molecule has 0 unspecified atom stereocenters. The fourth-order valence-corrected chi connectivity index (χ4v) is 1.76. The molecule has 0 spiro atoms. The van der Waals surface area contributed by atoms with Gasteiger partial charge in [0.15, 0.2) is 0 Å². The Kier molecular flexibility index (Phi) is 3.38. The second-order valence-corrected chi connectivity index (χ2v) is 3.75. The Hall–Kier alpha value is -2.62. The Morgan fingerprint density at radius 1 is 1.11 bits per heavy atom. The van der Waals surface area contributed by atoms with Crippen LogP contribution in [0.2, 0.25) is 0 Å². The van der Waals surface area contributed by atoms with Crippen molar-refractivity contribution in [1.29, 1.82) is 0 Å². The van der Waals surface area contributed by atoms with E-state index < -0.39 is 5.97 Å². The third kappa shape index (κ3) is 2.38. The monoisotopic (exact) mass is 240 g/mol. The van der Waals surface area contributed by atoms with Gasteiger partial charge in [0.25, 0.3) is 0 Å². The van der Waals surface area contributed by atoms with Crippen LogP contribution in [0, 0.1) is 0 Å². The quantitative estimate of drug-likeness (QED) is 0.491. The van der Waals surface area contributed by atoms with Crippen LogP contribution >= 0.6 is 0 Å². The summed E-state index contributed by atoms with van der Waals surface area (Å²) < 4.78 is 0. The summed E-state index contributed by atoms with van der Waals surface area (Å²) in [5, 5.41) is 12.6. The maximum Gasteiger partial charge on any atom is 0.336 e. The molecule has 4 heteroatoms. The molecule has 0 aliphatic rings. The van der Waals surface area contributed by atoms with Crippen LogP contribution in [0.5, 0.6) is 0 Å². The molecule has 0 atom stereocenters. The maximum atomic E-state index is 11.1. The molecule has 0 bridgehead atoms. The van der Waals surface area contributed by atoms with Gasteiger partial charge >= 0.3 is 5.97 Å². The third-order valence-corrected chi connectivity index (χ3v) is 2.60. The molecule has 18 heavy (non-hydrogen) atoms. The summed E-state index contributed by atoms with van der Waals surface area (Å²) in [6, 6.07) is 14.3. The topological polar surface area (TPSA) is 75.7 Å². The van der Waals surface area contributed by atoms with E-state index in [1.165, 1.54) is 6.21 Å². The lowest BCUT2D eigenvalue weighted by atomic mass is 9.99. The molecule has 3 N–H and O–H groups in total. The first kappa shape index (κ1) is 11.9. The van der Waals surface area contributed by atoms with Gasteiger partial charge in [-0.2, -0.15) is 5.10 Å². The summed E-state index contributed by atoms with van der Waals surface area (Å²) in [6.07, 6.45) is 1.53. The Morgan fingerprint density at radius 2 is 1.78 bits per heavy atom. The molecular formula is C14H12N2O2. The zero-order chi connectivity index (χ0) is 13.0. The second kappa shape index (κ2) is 5.14. The molecule has 2 aromatic carbocycles. The van der Waals surface area contributed by atoms with Gasteiger partial charge in [0.05, 0.1) is 11.8 Å². The lowest BCUT2D eigenvalue weighted by molar-refractivity contribution is 0.0697. The Morgan fingerprint density at radius 3 is 2.39 bits per heavy atom. The van der Waals surface area contributed by atoms with Gasteiger partial charge in [-0.25, -0.2) is 4.79 Å². The minimum Gasteiger partial charge on any atom is -0.478 e. The molecule has 4 nitrogen and oxygen atoms in total. The molecule has 0 saturated carbocycles. The van der Waals surface area contributed by atoms with Crippen LogP contribution in [0.3, 0.4) is 0 Å². The van der Waals surface area contributed by atoms with Crippen molar-refractivity contribution in [3.8, 4) is 11.1 Å². The van der Waals surface area contributed by atoms with Crippen molar-refractivity contribution in [3.63, 3.8) is 0 Å². The van der Waals surface area contributed by atoms with E-state index in [9.17, 15) is 4.79 Å². The highest BCUT2D eigenvalue weighted by molar-refractivity contribution is 5.96. The summed E-state index contributed by atoms with van der Waals surface area (Å²) in [5.74, 6) is 4.13. The average Bonchev–Trinajstić information content (AvgIpc) is 2.40. The van der Waals surface area contributed by atoms with Crippen LogP contribution in [-0.4, -0.2) is 17.3 Å². The first-order valence-corrected chi connectivity index (χ1v) is 5.38. The minimum atomic E-state index is -0.932. The van der Waals surface area contributed by atoms with Gasteiger partial charge in [-0.3, -0.25) is 0 Å². The zero-order valence-electron chi connectivity index (χ0n) is 9.58. The first-order valence-electron chi connectivity index (χ1n) is 5.38. The number of hydrazone groups is 1. The number of carboxylic acids is 1. The summed E-state index contributed by atoms with van der Waals surface area (Å²) in [6.45, 7) is 0. The minimum absolute atomic E-state index is 0.290. The average molecular weight is 240 g/mol. The predicted molar refractivity (Wildman–Crippen MR) is 70.6 cm³/mol. The number of hydrogen-bond acceptors (Lipinski definition) is 3. The number of nitrogens with two attached hydrogens (primary N) is 1. The van der Waals surface area contributed by atoms with Crippen LogP contribution in [0.25, 0.3) is 11.1 Å². The molecule has 0 aliphatic carbocycles. The zero-order valence-corrected chi connectivity index (χ0v) is 9.58. The van der Waals surface area contributed by atoms with E-state index in [4.69, 9.17) is 10.9 Å². The number of hydrogen-bond donors (Lipinski definition) is 2. The van der Waals surface area contributed by atoms with Crippen molar-refractivity contribution in [2.75, 3.05) is 0 Å². The molecule has 0 saturated heterocycles. The van der Waals surface area contributed by atoms with E-state index in [1.54, 1.807) is 18.2 Å². The molecule has 0 aromatic heterocycles. The number of aromatic carboxylic acids is 1. The number of carbonyl (C=O) groups is 1. The number of nitrogens with zero attached hydrogens (tertiary/aromatic N) is 1. The van der Waals surface area contributed by atoms with Crippen LogP contribution in [0.1, 0.15) is 15.9 Å². The Bertz CT molecular complexity index is 589. The van der Waals surface area contributed by atoms with E-state index in [1.807, 2.05) is 30.3 Å². The lowest BCUT2D eigenvalue weighted by Crippen LogP contribution is -1.99. The van der Waals surface area contributed by atoms with Gasteiger partial charge in [0.1, 0.15) is 0 Å². The van der Waals surface area contributed by atoms with Gasteiger partial charge in [-0.1, -0.05) is 42.5 Å². The van der Waals surface area contributed by atoms with Gasteiger partial charge in [0, 0.05) is 0 Å². The van der Waals surface area contributed by atoms with E-state index in [0.29, 0.717) is 5.56 Å². The van der Waals surface area contributed by atoms with Crippen LogP contribution < -0.4 is 5.84 Å². The van der Waals surface area contributed by atoms with E-state index in [2.05, 4.69) is 5.10 Å². The van der Waals surface area contributed by atoms with Crippen LogP contribution in [0.4, 0.5) is 0 Å².